The molecule has 2 heteroatoms. The molecular weight excluding hydrogens is 196 g/mol. The third kappa shape index (κ3) is 3.74. The predicted octanol–water partition coefficient (Wildman–Crippen LogP) is 3.01. The molecule has 1 atom stereocenters. The Morgan fingerprint density at radius 2 is 1.69 bits per heavy atom. The number of nitrogens with two attached hydrogens (primary N) is 1. The van der Waals surface area contributed by atoms with E-state index in [1.54, 1.807) is 0 Å². The Hall–Kier alpha value is -0.0800. The molecule has 0 radical (unpaired) electrons. The second-order valence-corrected chi connectivity index (χ2v) is 5.48. The van der Waals surface area contributed by atoms with E-state index in [0.717, 1.165) is 19.0 Å². The van der Waals surface area contributed by atoms with Gasteiger partial charge < -0.3 is 5.73 Å². The van der Waals surface area contributed by atoms with Crippen molar-refractivity contribution in [3.8, 4) is 0 Å². The maximum absolute atomic E-state index is 6.03. The van der Waals surface area contributed by atoms with Crippen molar-refractivity contribution >= 4 is 0 Å². The fourth-order valence-electron chi connectivity index (χ4n) is 3.28. The van der Waals surface area contributed by atoms with Gasteiger partial charge in [0.15, 0.2) is 0 Å². The summed E-state index contributed by atoms with van der Waals surface area (Å²) in [7, 11) is 0. The van der Waals surface area contributed by atoms with Crippen LogP contribution >= 0.6 is 0 Å². The maximum Gasteiger partial charge on any atom is 0.0249 e. The Bertz CT molecular complexity index is 172. The van der Waals surface area contributed by atoms with E-state index in [1.807, 2.05) is 0 Å². The third-order valence-electron chi connectivity index (χ3n) is 4.14. The van der Waals surface area contributed by atoms with Crippen molar-refractivity contribution in [2.75, 3.05) is 13.1 Å². The quantitative estimate of drug-likeness (QED) is 0.730. The molecule has 96 valence electrons. The van der Waals surface area contributed by atoms with Gasteiger partial charge in [0.25, 0.3) is 0 Å². The Balaban J connectivity index is 2.62. The van der Waals surface area contributed by atoms with Gasteiger partial charge in [0, 0.05) is 18.6 Å². The van der Waals surface area contributed by atoms with Crippen molar-refractivity contribution in [1.82, 2.24) is 4.90 Å². The van der Waals surface area contributed by atoms with Gasteiger partial charge in [-0.15, -0.1) is 0 Å². The lowest BCUT2D eigenvalue weighted by atomic mass is 9.90. The summed E-state index contributed by atoms with van der Waals surface area (Å²) in [4.78, 5) is 2.59. The van der Waals surface area contributed by atoms with Crippen LogP contribution in [-0.4, -0.2) is 30.1 Å². The molecule has 0 saturated heterocycles. The number of nitrogens with zero attached hydrogens (tertiary/aromatic N) is 1. The van der Waals surface area contributed by atoms with Crippen molar-refractivity contribution in [3.05, 3.63) is 0 Å². The highest BCUT2D eigenvalue weighted by Crippen LogP contribution is 2.28. The van der Waals surface area contributed by atoms with Gasteiger partial charge in [-0.3, -0.25) is 4.90 Å². The van der Waals surface area contributed by atoms with Gasteiger partial charge in [0.2, 0.25) is 0 Å². The second-order valence-electron chi connectivity index (χ2n) is 5.48. The van der Waals surface area contributed by atoms with Crippen LogP contribution in [0.25, 0.3) is 0 Å². The molecule has 1 fully saturated rings. The molecule has 0 aliphatic heterocycles. The van der Waals surface area contributed by atoms with Gasteiger partial charge in [-0.1, -0.05) is 32.6 Å². The van der Waals surface area contributed by atoms with Crippen LogP contribution in [0.5, 0.6) is 0 Å². The first-order valence-electron chi connectivity index (χ1n) is 7.16. The standard InChI is InChI=1S/C14H30N2/c1-4-16(12(2)3)14(11-15)13-9-7-5-6-8-10-13/h12-14H,4-11,15H2,1-3H3. The van der Waals surface area contributed by atoms with Crippen LogP contribution < -0.4 is 5.73 Å². The van der Waals surface area contributed by atoms with Crippen molar-refractivity contribution in [2.24, 2.45) is 11.7 Å². The SMILES string of the molecule is CCN(C(C)C)C(CN)C1CCCCCC1. The summed E-state index contributed by atoms with van der Waals surface area (Å²) < 4.78 is 0. The van der Waals surface area contributed by atoms with Crippen molar-refractivity contribution in [2.45, 2.75) is 71.4 Å². The van der Waals surface area contributed by atoms with Gasteiger partial charge in [0.1, 0.15) is 0 Å². The average molecular weight is 226 g/mol. The van der Waals surface area contributed by atoms with Crippen molar-refractivity contribution in [3.63, 3.8) is 0 Å². The molecule has 0 aromatic rings. The molecule has 0 amide bonds. The van der Waals surface area contributed by atoms with E-state index in [0.29, 0.717) is 12.1 Å². The molecule has 16 heavy (non-hydrogen) atoms. The first-order valence-corrected chi connectivity index (χ1v) is 7.16. The topological polar surface area (TPSA) is 29.3 Å². The van der Waals surface area contributed by atoms with Crippen molar-refractivity contribution < 1.29 is 0 Å². The Kier molecular flexibility index (Phi) is 6.37. The van der Waals surface area contributed by atoms with Crippen LogP contribution in [0, 0.1) is 5.92 Å². The van der Waals surface area contributed by atoms with Crippen LogP contribution in [0.2, 0.25) is 0 Å². The summed E-state index contributed by atoms with van der Waals surface area (Å²) in [5.41, 5.74) is 6.03. The minimum absolute atomic E-state index is 0.614. The number of rotatable bonds is 5. The van der Waals surface area contributed by atoms with Crippen LogP contribution in [0.3, 0.4) is 0 Å². The zero-order valence-corrected chi connectivity index (χ0v) is 11.4. The average Bonchev–Trinajstić information content (AvgIpc) is 2.53. The molecule has 0 bridgehead atoms. The highest BCUT2D eigenvalue weighted by atomic mass is 15.2. The normalized spacial score (nSPS) is 21.4. The van der Waals surface area contributed by atoms with Gasteiger partial charge in [-0.05, 0) is 39.2 Å². The maximum atomic E-state index is 6.03. The number of hydrogen-bond donors (Lipinski definition) is 1. The first-order chi connectivity index (χ1) is 7.70. The Morgan fingerprint density at radius 1 is 1.12 bits per heavy atom. The molecule has 1 aliphatic rings. The van der Waals surface area contributed by atoms with E-state index in [9.17, 15) is 0 Å². The molecule has 0 spiro atoms. The predicted molar refractivity (Wildman–Crippen MR) is 71.6 cm³/mol. The molecule has 1 aliphatic carbocycles. The lowest BCUT2D eigenvalue weighted by Gasteiger charge is -2.38. The molecule has 1 unspecified atom stereocenters. The monoisotopic (exact) mass is 226 g/mol. The molecule has 1 saturated carbocycles. The fourth-order valence-corrected chi connectivity index (χ4v) is 3.28. The molecular formula is C14H30N2. The van der Waals surface area contributed by atoms with E-state index in [-0.39, 0.29) is 0 Å². The van der Waals surface area contributed by atoms with Crippen LogP contribution in [-0.2, 0) is 0 Å². The fraction of sp³-hybridized carbons (Fsp3) is 1.00. The lowest BCUT2D eigenvalue weighted by molar-refractivity contribution is 0.110. The summed E-state index contributed by atoms with van der Waals surface area (Å²) in [6.07, 6.45) is 8.48. The molecule has 1 rings (SSSR count). The first kappa shape index (κ1) is 14.0. The minimum Gasteiger partial charge on any atom is -0.329 e. The van der Waals surface area contributed by atoms with Crippen LogP contribution in [0.1, 0.15) is 59.3 Å². The van der Waals surface area contributed by atoms with Gasteiger partial charge in [-0.2, -0.15) is 0 Å². The van der Waals surface area contributed by atoms with Crippen LogP contribution in [0.4, 0.5) is 0 Å². The zero-order chi connectivity index (χ0) is 12.0. The van der Waals surface area contributed by atoms with Gasteiger partial charge in [0.05, 0.1) is 0 Å². The van der Waals surface area contributed by atoms with E-state index in [4.69, 9.17) is 5.73 Å². The molecule has 0 aromatic carbocycles. The highest BCUT2D eigenvalue weighted by molar-refractivity contribution is 4.83. The van der Waals surface area contributed by atoms with Crippen LogP contribution in [0.15, 0.2) is 0 Å². The number of likely N-dealkylation sites (N-methyl/N-ethyl adjacent to an activating group) is 1. The van der Waals surface area contributed by atoms with Gasteiger partial charge >= 0.3 is 0 Å². The Labute approximate surface area is 102 Å². The van der Waals surface area contributed by atoms with E-state index in [1.165, 1.54) is 38.5 Å². The minimum atomic E-state index is 0.614. The zero-order valence-electron chi connectivity index (χ0n) is 11.4. The smallest absolute Gasteiger partial charge is 0.0249 e. The second kappa shape index (κ2) is 7.29. The summed E-state index contributed by atoms with van der Waals surface area (Å²) in [5.74, 6) is 0.842. The molecule has 2 N–H and O–H groups in total. The number of hydrogen-bond acceptors (Lipinski definition) is 2. The van der Waals surface area contributed by atoms with Gasteiger partial charge in [-0.25, -0.2) is 0 Å². The van der Waals surface area contributed by atoms with Crippen molar-refractivity contribution in [1.29, 1.82) is 0 Å². The van der Waals surface area contributed by atoms with E-state index < -0.39 is 0 Å². The summed E-state index contributed by atoms with van der Waals surface area (Å²) >= 11 is 0. The van der Waals surface area contributed by atoms with E-state index in [2.05, 4.69) is 25.7 Å². The van der Waals surface area contributed by atoms with E-state index >= 15 is 0 Å². The summed E-state index contributed by atoms with van der Waals surface area (Å²) in [5, 5.41) is 0. The highest BCUT2D eigenvalue weighted by Gasteiger charge is 2.27. The Morgan fingerprint density at radius 3 is 2.06 bits per heavy atom. The third-order valence-corrected chi connectivity index (χ3v) is 4.14. The molecule has 0 heterocycles. The molecule has 2 nitrogen and oxygen atoms in total. The summed E-state index contributed by atoms with van der Waals surface area (Å²) in [6.45, 7) is 8.82. The summed E-state index contributed by atoms with van der Waals surface area (Å²) in [6, 6.07) is 1.24. The molecule has 0 aromatic heterocycles. The lowest BCUT2D eigenvalue weighted by Crippen LogP contribution is -2.48. The largest absolute Gasteiger partial charge is 0.329 e.